The van der Waals surface area contributed by atoms with Crippen LogP contribution in [0.2, 0.25) is 0 Å². The summed E-state index contributed by atoms with van der Waals surface area (Å²) in [6.45, 7) is 4.73. The van der Waals surface area contributed by atoms with Crippen LogP contribution >= 0.6 is 11.6 Å². The number of hydrogen-bond acceptors (Lipinski definition) is 2. The van der Waals surface area contributed by atoms with Crippen molar-refractivity contribution in [2.75, 3.05) is 26.2 Å². The van der Waals surface area contributed by atoms with Crippen molar-refractivity contribution in [3.63, 3.8) is 0 Å². The number of nitrogens with zero attached hydrogens (tertiary/aromatic N) is 1. The maximum absolute atomic E-state index is 5.52. The van der Waals surface area contributed by atoms with Crippen LogP contribution in [-0.4, -0.2) is 37.1 Å². The Morgan fingerprint density at radius 2 is 1.93 bits per heavy atom. The zero-order valence-electron chi connectivity index (χ0n) is 9.29. The van der Waals surface area contributed by atoms with Gasteiger partial charge in [-0.1, -0.05) is 17.7 Å². The maximum Gasteiger partial charge on any atom is 0.0174 e. The first-order valence-corrected chi connectivity index (χ1v) is 6.53. The van der Waals surface area contributed by atoms with Gasteiger partial charge in [0.15, 0.2) is 0 Å². The first kappa shape index (κ1) is 11.4. The average Bonchev–Trinajstić information content (AvgIpc) is 3.09. The Morgan fingerprint density at radius 1 is 1.20 bits per heavy atom. The van der Waals surface area contributed by atoms with E-state index in [4.69, 9.17) is 11.6 Å². The predicted molar refractivity (Wildman–Crippen MR) is 65.2 cm³/mol. The van der Waals surface area contributed by atoms with Crippen molar-refractivity contribution in [3.8, 4) is 0 Å². The van der Waals surface area contributed by atoms with Gasteiger partial charge in [-0.2, -0.15) is 0 Å². The summed E-state index contributed by atoms with van der Waals surface area (Å²) in [5.74, 6) is 0.904. The van der Waals surface area contributed by atoms with Gasteiger partial charge in [-0.3, -0.25) is 4.90 Å². The topological polar surface area (TPSA) is 15.3 Å². The van der Waals surface area contributed by atoms with Crippen LogP contribution < -0.4 is 5.32 Å². The highest BCUT2D eigenvalue weighted by Crippen LogP contribution is 2.21. The van der Waals surface area contributed by atoms with E-state index in [0.29, 0.717) is 0 Å². The van der Waals surface area contributed by atoms with Gasteiger partial charge in [-0.25, -0.2) is 0 Å². The molecule has 0 aromatic carbocycles. The predicted octanol–water partition coefficient (Wildman–Crippen LogP) is 2.20. The number of likely N-dealkylation sites (tertiary alicyclic amines) is 1. The SMILES string of the molecule is ClC=CCN1CCC(CNC2CC2)CC1. The molecule has 0 amide bonds. The molecular weight excluding hydrogens is 208 g/mol. The molecule has 0 unspecified atom stereocenters. The van der Waals surface area contributed by atoms with Crippen LogP contribution in [0, 0.1) is 5.92 Å². The molecule has 2 aliphatic rings. The van der Waals surface area contributed by atoms with Crippen molar-refractivity contribution in [3.05, 3.63) is 11.6 Å². The smallest absolute Gasteiger partial charge is 0.0174 e. The Bertz CT molecular complexity index is 206. The number of piperidine rings is 1. The van der Waals surface area contributed by atoms with Gasteiger partial charge in [-0.15, -0.1) is 0 Å². The monoisotopic (exact) mass is 228 g/mol. The van der Waals surface area contributed by atoms with E-state index in [1.54, 1.807) is 5.54 Å². The van der Waals surface area contributed by atoms with Crippen LogP contribution in [0.3, 0.4) is 0 Å². The zero-order valence-corrected chi connectivity index (χ0v) is 10.0. The van der Waals surface area contributed by atoms with E-state index >= 15 is 0 Å². The van der Waals surface area contributed by atoms with E-state index in [1.807, 2.05) is 6.08 Å². The van der Waals surface area contributed by atoms with Crippen LogP contribution in [0.25, 0.3) is 0 Å². The molecule has 1 saturated carbocycles. The van der Waals surface area contributed by atoms with E-state index in [9.17, 15) is 0 Å². The van der Waals surface area contributed by atoms with Crippen molar-refractivity contribution in [1.82, 2.24) is 10.2 Å². The summed E-state index contributed by atoms with van der Waals surface area (Å²) in [7, 11) is 0. The summed E-state index contributed by atoms with van der Waals surface area (Å²) in [5, 5.41) is 3.63. The van der Waals surface area contributed by atoms with Gasteiger partial charge < -0.3 is 5.32 Å². The van der Waals surface area contributed by atoms with Gasteiger partial charge in [-0.05, 0) is 51.2 Å². The molecular formula is C12H21ClN2. The third-order valence-corrected chi connectivity index (χ3v) is 3.61. The summed E-state index contributed by atoms with van der Waals surface area (Å²) in [6.07, 6.45) is 7.52. The number of nitrogens with one attached hydrogen (secondary N) is 1. The molecule has 15 heavy (non-hydrogen) atoms. The van der Waals surface area contributed by atoms with Gasteiger partial charge in [0.05, 0.1) is 0 Å². The lowest BCUT2D eigenvalue weighted by molar-refractivity contribution is 0.198. The van der Waals surface area contributed by atoms with Crippen LogP contribution in [0.15, 0.2) is 11.6 Å². The largest absolute Gasteiger partial charge is 0.314 e. The van der Waals surface area contributed by atoms with Gasteiger partial charge in [0.1, 0.15) is 0 Å². The van der Waals surface area contributed by atoms with Crippen molar-refractivity contribution in [1.29, 1.82) is 0 Å². The highest BCUT2D eigenvalue weighted by Gasteiger charge is 2.23. The first-order chi connectivity index (χ1) is 7.38. The van der Waals surface area contributed by atoms with Crippen molar-refractivity contribution >= 4 is 11.6 Å². The van der Waals surface area contributed by atoms with Crippen LogP contribution in [0.1, 0.15) is 25.7 Å². The second-order valence-corrected chi connectivity index (χ2v) is 5.04. The Balaban J connectivity index is 1.58. The molecule has 3 heteroatoms. The molecule has 86 valence electrons. The maximum atomic E-state index is 5.52. The molecule has 1 saturated heterocycles. The van der Waals surface area contributed by atoms with Gasteiger partial charge in [0.2, 0.25) is 0 Å². The van der Waals surface area contributed by atoms with Crippen molar-refractivity contribution in [2.24, 2.45) is 5.92 Å². The molecule has 0 radical (unpaired) electrons. The van der Waals surface area contributed by atoms with Gasteiger partial charge in [0, 0.05) is 18.1 Å². The number of halogens is 1. The molecule has 2 fully saturated rings. The van der Waals surface area contributed by atoms with E-state index in [-0.39, 0.29) is 0 Å². The lowest BCUT2D eigenvalue weighted by Gasteiger charge is -2.31. The Morgan fingerprint density at radius 3 is 2.53 bits per heavy atom. The van der Waals surface area contributed by atoms with Crippen LogP contribution in [0.5, 0.6) is 0 Å². The molecule has 2 nitrogen and oxygen atoms in total. The lowest BCUT2D eigenvalue weighted by atomic mass is 9.97. The third kappa shape index (κ3) is 4.13. The number of rotatable bonds is 5. The zero-order chi connectivity index (χ0) is 10.5. The molecule has 2 rings (SSSR count). The van der Waals surface area contributed by atoms with Crippen molar-refractivity contribution in [2.45, 2.75) is 31.7 Å². The third-order valence-electron chi connectivity index (χ3n) is 3.43. The highest BCUT2D eigenvalue weighted by molar-refractivity contribution is 6.25. The normalized spacial score (nSPS) is 25.1. The molecule has 0 spiro atoms. The minimum Gasteiger partial charge on any atom is -0.314 e. The molecule has 1 aliphatic heterocycles. The van der Waals surface area contributed by atoms with Crippen LogP contribution in [-0.2, 0) is 0 Å². The Hall–Kier alpha value is -0.0500. The molecule has 0 bridgehead atoms. The summed E-state index contributed by atoms with van der Waals surface area (Å²) in [6, 6.07) is 0.863. The minimum absolute atomic E-state index is 0.863. The summed E-state index contributed by atoms with van der Waals surface area (Å²) >= 11 is 5.52. The molecule has 1 aliphatic carbocycles. The van der Waals surface area contributed by atoms with E-state index in [1.165, 1.54) is 45.3 Å². The average molecular weight is 229 g/mol. The molecule has 1 N–H and O–H groups in total. The summed E-state index contributed by atoms with van der Waals surface area (Å²) in [4.78, 5) is 2.48. The van der Waals surface area contributed by atoms with Crippen LogP contribution in [0.4, 0.5) is 0 Å². The van der Waals surface area contributed by atoms with E-state index < -0.39 is 0 Å². The fourth-order valence-corrected chi connectivity index (χ4v) is 2.26. The number of hydrogen-bond donors (Lipinski definition) is 1. The molecule has 0 aromatic rings. The quantitative estimate of drug-likeness (QED) is 0.776. The second-order valence-electron chi connectivity index (χ2n) is 4.79. The summed E-state index contributed by atoms with van der Waals surface area (Å²) in [5.41, 5.74) is 1.63. The van der Waals surface area contributed by atoms with E-state index in [0.717, 1.165) is 18.5 Å². The molecule has 1 heterocycles. The Labute approximate surface area is 97.7 Å². The summed E-state index contributed by atoms with van der Waals surface area (Å²) < 4.78 is 0. The van der Waals surface area contributed by atoms with Gasteiger partial charge >= 0.3 is 0 Å². The fraction of sp³-hybridized carbons (Fsp3) is 0.833. The molecule has 0 aromatic heterocycles. The van der Waals surface area contributed by atoms with Gasteiger partial charge in [0.25, 0.3) is 0 Å². The van der Waals surface area contributed by atoms with E-state index in [2.05, 4.69) is 10.2 Å². The fourth-order valence-electron chi connectivity index (χ4n) is 2.18. The first-order valence-electron chi connectivity index (χ1n) is 6.09. The minimum atomic E-state index is 0.863. The molecule has 0 atom stereocenters. The highest BCUT2D eigenvalue weighted by atomic mass is 35.5. The standard InChI is InChI=1S/C12H21ClN2/c13-6-1-7-15-8-4-11(5-9-15)10-14-12-2-3-12/h1,6,11-12,14H,2-5,7-10H2. The lowest BCUT2D eigenvalue weighted by Crippen LogP contribution is -2.37. The van der Waals surface area contributed by atoms with Crippen molar-refractivity contribution < 1.29 is 0 Å². The Kier molecular flexibility index (Phi) is 4.48. The second kappa shape index (κ2) is 5.88.